The molecule has 0 spiro atoms. The van der Waals surface area contributed by atoms with Crippen molar-refractivity contribution in [2.45, 2.75) is 26.0 Å². The minimum absolute atomic E-state index is 0.140. The normalized spacial score (nSPS) is 12.2. The Morgan fingerprint density at radius 3 is 2.65 bits per heavy atom. The van der Waals surface area contributed by atoms with Crippen LogP contribution >= 0.6 is 15.9 Å². The molecule has 0 radical (unpaired) electrons. The highest BCUT2D eigenvalue weighted by atomic mass is 79.9. The Morgan fingerprint density at radius 2 is 2.00 bits per heavy atom. The van der Waals surface area contributed by atoms with Gasteiger partial charge in [-0.2, -0.15) is 0 Å². The van der Waals surface area contributed by atoms with Crippen molar-refractivity contribution in [1.29, 1.82) is 0 Å². The molecule has 4 heteroatoms. The number of rotatable bonds is 5. The van der Waals surface area contributed by atoms with Gasteiger partial charge in [-0.1, -0.05) is 18.2 Å². The highest BCUT2D eigenvalue weighted by Gasteiger charge is 2.05. The molecule has 0 aliphatic heterocycles. The lowest BCUT2D eigenvalue weighted by Crippen LogP contribution is -2.17. The van der Waals surface area contributed by atoms with Gasteiger partial charge in [0.05, 0.1) is 4.47 Å². The Hall–Kier alpha value is -1.52. The Morgan fingerprint density at radius 1 is 1.20 bits per heavy atom. The average Bonchev–Trinajstić information content (AvgIpc) is 2.37. The van der Waals surface area contributed by atoms with Gasteiger partial charge in [0.15, 0.2) is 0 Å². The highest BCUT2D eigenvalue weighted by Crippen LogP contribution is 2.27. The second-order valence-corrected chi connectivity index (χ2v) is 5.76. The number of hydrogen-bond acceptors (Lipinski definition) is 3. The fourth-order valence-electron chi connectivity index (χ4n) is 1.97. The second kappa shape index (κ2) is 6.77. The molecule has 20 heavy (non-hydrogen) atoms. The van der Waals surface area contributed by atoms with E-state index in [-0.39, 0.29) is 11.8 Å². The standard InChI is InChI=1S/C16H18BrNO2/c1-11(18)7-12-5-6-16(15(17)9-12)20-10-13-3-2-4-14(19)8-13/h2-6,8-9,11,19H,7,10,18H2,1H3. The third kappa shape index (κ3) is 4.25. The Bertz CT molecular complexity index is 584. The van der Waals surface area contributed by atoms with E-state index in [2.05, 4.69) is 15.9 Å². The Kier molecular flexibility index (Phi) is 5.04. The van der Waals surface area contributed by atoms with Crippen molar-refractivity contribution in [3.8, 4) is 11.5 Å². The summed E-state index contributed by atoms with van der Waals surface area (Å²) in [4.78, 5) is 0. The van der Waals surface area contributed by atoms with Gasteiger partial charge >= 0.3 is 0 Å². The number of hydrogen-bond donors (Lipinski definition) is 2. The van der Waals surface area contributed by atoms with E-state index < -0.39 is 0 Å². The zero-order chi connectivity index (χ0) is 14.5. The van der Waals surface area contributed by atoms with Gasteiger partial charge in [-0.3, -0.25) is 0 Å². The molecule has 0 aliphatic carbocycles. The molecular weight excluding hydrogens is 318 g/mol. The summed E-state index contributed by atoms with van der Waals surface area (Å²) >= 11 is 3.51. The van der Waals surface area contributed by atoms with Crippen molar-refractivity contribution in [3.05, 3.63) is 58.1 Å². The van der Waals surface area contributed by atoms with Gasteiger partial charge in [0.2, 0.25) is 0 Å². The maximum atomic E-state index is 9.41. The summed E-state index contributed by atoms with van der Waals surface area (Å²) in [5.41, 5.74) is 7.90. The van der Waals surface area contributed by atoms with E-state index in [0.29, 0.717) is 6.61 Å². The van der Waals surface area contributed by atoms with Crippen LogP contribution in [0.2, 0.25) is 0 Å². The fraction of sp³-hybridized carbons (Fsp3) is 0.250. The van der Waals surface area contributed by atoms with Gasteiger partial charge in [-0.15, -0.1) is 0 Å². The van der Waals surface area contributed by atoms with Crippen LogP contribution in [0.5, 0.6) is 11.5 Å². The molecule has 106 valence electrons. The lowest BCUT2D eigenvalue weighted by atomic mass is 10.1. The summed E-state index contributed by atoms with van der Waals surface area (Å²) < 4.78 is 6.66. The summed E-state index contributed by atoms with van der Waals surface area (Å²) in [7, 11) is 0. The number of phenolic OH excluding ortho intramolecular Hbond substituents is 1. The van der Waals surface area contributed by atoms with Gasteiger partial charge in [0.25, 0.3) is 0 Å². The number of nitrogens with two attached hydrogens (primary N) is 1. The molecule has 1 unspecified atom stereocenters. The maximum absolute atomic E-state index is 9.41. The summed E-state index contributed by atoms with van der Waals surface area (Å²) in [5.74, 6) is 1.03. The molecule has 3 N–H and O–H groups in total. The first-order chi connectivity index (χ1) is 9.54. The summed E-state index contributed by atoms with van der Waals surface area (Å²) in [6.45, 7) is 2.40. The monoisotopic (exact) mass is 335 g/mol. The van der Waals surface area contributed by atoms with Crippen molar-refractivity contribution in [1.82, 2.24) is 0 Å². The first kappa shape index (κ1) is 14.9. The highest BCUT2D eigenvalue weighted by molar-refractivity contribution is 9.10. The topological polar surface area (TPSA) is 55.5 Å². The van der Waals surface area contributed by atoms with E-state index in [4.69, 9.17) is 10.5 Å². The van der Waals surface area contributed by atoms with E-state index in [0.717, 1.165) is 22.2 Å². The lowest BCUT2D eigenvalue weighted by molar-refractivity contribution is 0.303. The Balaban J connectivity index is 2.03. The molecule has 2 aromatic rings. The van der Waals surface area contributed by atoms with Gasteiger partial charge < -0.3 is 15.6 Å². The average molecular weight is 336 g/mol. The fourth-order valence-corrected chi connectivity index (χ4v) is 2.51. The maximum Gasteiger partial charge on any atom is 0.134 e. The zero-order valence-corrected chi connectivity index (χ0v) is 12.9. The van der Waals surface area contributed by atoms with E-state index in [1.54, 1.807) is 18.2 Å². The molecule has 2 rings (SSSR count). The molecule has 0 saturated carbocycles. The first-order valence-electron chi connectivity index (χ1n) is 6.49. The third-order valence-corrected chi connectivity index (χ3v) is 3.48. The van der Waals surface area contributed by atoms with Gasteiger partial charge in [0.1, 0.15) is 18.1 Å². The van der Waals surface area contributed by atoms with Crippen molar-refractivity contribution in [3.63, 3.8) is 0 Å². The number of ether oxygens (including phenoxy) is 1. The largest absolute Gasteiger partial charge is 0.508 e. The number of halogens is 1. The third-order valence-electron chi connectivity index (χ3n) is 2.86. The van der Waals surface area contributed by atoms with Crippen LogP contribution in [0.25, 0.3) is 0 Å². The van der Waals surface area contributed by atoms with Crippen molar-refractivity contribution < 1.29 is 9.84 Å². The molecule has 0 saturated heterocycles. The Labute approximate surface area is 127 Å². The van der Waals surface area contributed by atoms with Crippen LogP contribution in [-0.4, -0.2) is 11.1 Å². The summed E-state index contributed by atoms with van der Waals surface area (Å²) in [5, 5.41) is 9.41. The second-order valence-electron chi connectivity index (χ2n) is 4.90. The van der Waals surface area contributed by atoms with E-state index in [9.17, 15) is 5.11 Å². The van der Waals surface area contributed by atoms with Crippen LogP contribution in [0.15, 0.2) is 46.9 Å². The molecule has 0 fully saturated rings. The van der Waals surface area contributed by atoms with Gasteiger partial charge in [-0.05, 0) is 64.7 Å². The molecule has 0 bridgehead atoms. The first-order valence-corrected chi connectivity index (χ1v) is 7.28. The van der Waals surface area contributed by atoms with Crippen molar-refractivity contribution in [2.75, 3.05) is 0 Å². The van der Waals surface area contributed by atoms with Gasteiger partial charge in [0, 0.05) is 6.04 Å². The minimum atomic E-state index is 0.140. The number of aromatic hydroxyl groups is 1. The quantitative estimate of drug-likeness (QED) is 0.877. The van der Waals surface area contributed by atoms with Crippen LogP contribution in [0.1, 0.15) is 18.1 Å². The molecular formula is C16H18BrNO2. The van der Waals surface area contributed by atoms with Crippen LogP contribution < -0.4 is 10.5 Å². The SMILES string of the molecule is CC(N)Cc1ccc(OCc2cccc(O)c2)c(Br)c1. The van der Waals surface area contributed by atoms with Crippen LogP contribution in [0.3, 0.4) is 0 Å². The van der Waals surface area contributed by atoms with E-state index in [1.165, 1.54) is 5.56 Å². The van der Waals surface area contributed by atoms with Crippen LogP contribution in [0.4, 0.5) is 0 Å². The predicted octanol–water partition coefficient (Wildman–Crippen LogP) is 3.62. The minimum Gasteiger partial charge on any atom is -0.508 e. The number of phenols is 1. The van der Waals surface area contributed by atoms with Crippen LogP contribution in [-0.2, 0) is 13.0 Å². The lowest BCUT2D eigenvalue weighted by Gasteiger charge is -2.11. The van der Waals surface area contributed by atoms with E-state index >= 15 is 0 Å². The van der Waals surface area contributed by atoms with Gasteiger partial charge in [-0.25, -0.2) is 0 Å². The van der Waals surface area contributed by atoms with Crippen molar-refractivity contribution in [2.24, 2.45) is 5.73 Å². The molecule has 0 heterocycles. The zero-order valence-electron chi connectivity index (χ0n) is 11.3. The van der Waals surface area contributed by atoms with E-state index in [1.807, 2.05) is 31.2 Å². The molecule has 3 nitrogen and oxygen atoms in total. The van der Waals surface area contributed by atoms with Crippen LogP contribution in [0, 0.1) is 0 Å². The molecule has 0 amide bonds. The smallest absolute Gasteiger partial charge is 0.134 e. The predicted molar refractivity (Wildman–Crippen MR) is 83.9 cm³/mol. The number of benzene rings is 2. The summed E-state index contributed by atoms with van der Waals surface area (Å²) in [6.07, 6.45) is 0.839. The molecule has 0 aromatic heterocycles. The van der Waals surface area contributed by atoms with Crippen molar-refractivity contribution >= 4 is 15.9 Å². The molecule has 1 atom stereocenters. The molecule has 2 aromatic carbocycles. The molecule has 0 aliphatic rings. The summed E-state index contributed by atoms with van der Waals surface area (Å²) in [6, 6.07) is 13.2.